The van der Waals surface area contributed by atoms with Gasteiger partial charge in [-0.3, -0.25) is 20.6 Å². The van der Waals surface area contributed by atoms with Gasteiger partial charge in [0.25, 0.3) is 0 Å². The van der Waals surface area contributed by atoms with E-state index in [1.807, 2.05) is 24.3 Å². The van der Waals surface area contributed by atoms with Crippen LogP contribution in [0, 0.1) is 17.2 Å². The molecule has 5 N–H and O–H groups in total. The van der Waals surface area contributed by atoms with Crippen LogP contribution in [0.15, 0.2) is 55.1 Å². The zero-order valence-electron chi connectivity index (χ0n) is 17.2. The number of nitrogens with one attached hydrogen (secondary N) is 1. The van der Waals surface area contributed by atoms with Gasteiger partial charge in [-0.15, -0.1) is 0 Å². The van der Waals surface area contributed by atoms with E-state index in [4.69, 9.17) is 16.8 Å². The van der Waals surface area contributed by atoms with E-state index in [2.05, 4.69) is 20.5 Å². The summed E-state index contributed by atoms with van der Waals surface area (Å²) in [5.74, 6) is 6.79. The molecule has 0 aromatic carbocycles. The molecule has 0 unspecified atom stereocenters. The monoisotopic (exact) mass is 418 g/mol. The van der Waals surface area contributed by atoms with Crippen molar-refractivity contribution >= 4 is 17.3 Å². The molecule has 3 heterocycles. The van der Waals surface area contributed by atoms with Gasteiger partial charge in [0.05, 0.1) is 29.6 Å². The number of ketones is 1. The minimum absolute atomic E-state index is 0.116. The highest BCUT2D eigenvalue weighted by Gasteiger charge is 2.28. The van der Waals surface area contributed by atoms with Gasteiger partial charge < -0.3 is 11.2 Å². The van der Waals surface area contributed by atoms with Crippen LogP contribution < -0.4 is 17.0 Å². The molecule has 0 atom stereocenters. The molecule has 2 saturated carbocycles. The number of nitrogens with zero attached hydrogens (tertiary/aromatic N) is 5. The Morgan fingerprint density at radius 1 is 1.10 bits per heavy atom. The van der Waals surface area contributed by atoms with Crippen LogP contribution in [0.3, 0.4) is 0 Å². The van der Waals surface area contributed by atoms with Crippen molar-refractivity contribution in [3.8, 4) is 11.8 Å². The second kappa shape index (κ2) is 10.8. The lowest BCUT2D eigenvalue weighted by Gasteiger charge is -2.01. The smallest absolute Gasteiger partial charge is 0.149 e. The molecule has 2 aliphatic rings. The molecule has 160 valence electrons. The summed E-state index contributed by atoms with van der Waals surface area (Å²) in [5, 5.41) is 12.5. The Morgan fingerprint density at radius 2 is 1.71 bits per heavy atom. The quantitative estimate of drug-likeness (QED) is 0.423. The van der Waals surface area contributed by atoms with E-state index >= 15 is 0 Å². The average molecular weight is 419 g/mol. The number of nitrogens with two attached hydrogens (primary N) is 2. The summed E-state index contributed by atoms with van der Waals surface area (Å²) >= 11 is 0. The first kappa shape index (κ1) is 21.9. The Hall–Kier alpha value is -3.77. The van der Waals surface area contributed by atoms with Crippen LogP contribution in [0.1, 0.15) is 43.7 Å². The Morgan fingerprint density at radius 3 is 2.19 bits per heavy atom. The molecule has 2 fully saturated rings. The predicted octanol–water partition coefficient (Wildman–Crippen LogP) is 2.97. The SMILES string of the molecule is N#CCC(=O)C1CC1.NNc1ccncc1.Nc1cc(C2CC2)nn1-c1ccncc1. The summed E-state index contributed by atoms with van der Waals surface area (Å²) in [6.07, 6.45) is 11.5. The number of rotatable bonds is 5. The molecular formula is C22H26N8O. The molecule has 0 saturated heterocycles. The molecule has 0 amide bonds. The van der Waals surface area contributed by atoms with Gasteiger partial charge in [-0.1, -0.05) is 0 Å². The lowest BCUT2D eigenvalue weighted by molar-refractivity contribution is -0.119. The lowest BCUT2D eigenvalue weighted by atomic mass is 10.2. The Labute approximate surface area is 181 Å². The third-order valence-corrected chi connectivity index (χ3v) is 4.79. The maximum Gasteiger partial charge on any atom is 0.149 e. The van der Waals surface area contributed by atoms with Crippen molar-refractivity contribution in [3.63, 3.8) is 0 Å². The number of nitrogen functional groups attached to an aromatic ring is 2. The molecular weight excluding hydrogens is 392 g/mol. The van der Waals surface area contributed by atoms with Gasteiger partial charge in [0.2, 0.25) is 0 Å². The molecule has 0 bridgehead atoms. The van der Waals surface area contributed by atoms with E-state index in [1.165, 1.54) is 12.8 Å². The van der Waals surface area contributed by atoms with Gasteiger partial charge in [-0.25, -0.2) is 4.68 Å². The molecule has 2 aliphatic carbocycles. The maximum absolute atomic E-state index is 10.6. The van der Waals surface area contributed by atoms with Gasteiger partial charge in [0, 0.05) is 42.7 Å². The molecule has 9 nitrogen and oxygen atoms in total. The second-order valence-electron chi connectivity index (χ2n) is 7.34. The highest BCUT2D eigenvalue weighted by molar-refractivity contribution is 5.84. The number of Topliss-reactive ketones (excluding diaryl/α,β-unsaturated/α-hetero) is 1. The summed E-state index contributed by atoms with van der Waals surface area (Å²) in [6.45, 7) is 0. The Bertz CT molecular complexity index is 1000. The molecule has 9 heteroatoms. The average Bonchev–Trinajstić information content (AvgIpc) is 3.73. The number of carbonyl (C=O) groups is 1. The van der Waals surface area contributed by atoms with Gasteiger partial charge in [-0.05, 0) is 49.9 Å². The van der Waals surface area contributed by atoms with Crippen molar-refractivity contribution in [2.24, 2.45) is 11.8 Å². The third-order valence-electron chi connectivity index (χ3n) is 4.79. The van der Waals surface area contributed by atoms with Crippen molar-refractivity contribution in [1.29, 1.82) is 5.26 Å². The van der Waals surface area contributed by atoms with E-state index in [1.54, 1.807) is 41.6 Å². The largest absolute Gasteiger partial charge is 0.384 e. The number of nitriles is 1. The summed E-state index contributed by atoms with van der Waals surface area (Å²) in [4.78, 5) is 18.4. The van der Waals surface area contributed by atoms with E-state index < -0.39 is 0 Å². The second-order valence-corrected chi connectivity index (χ2v) is 7.34. The standard InChI is InChI=1S/C11H12N4.C6H7NO.C5H7N3/c12-11-7-10(8-1-2-8)14-15(11)9-3-5-13-6-4-9;7-4-3-6(8)5-1-2-5;6-8-5-1-3-7-4-2-5/h3-8H,1-2,12H2;5H,1-3H2;1-4H,6H2,(H,7,8). The fourth-order valence-corrected chi connectivity index (χ4v) is 2.76. The van der Waals surface area contributed by atoms with Crippen LogP contribution in [0.4, 0.5) is 11.5 Å². The highest BCUT2D eigenvalue weighted by Crippen LogP contribution is 2.40. The highest BCUT2D eigenvalue weighted by atomic mass is 16.1. The first-order valence-electron chi connectivity index (χ1n) is 10.1. The summed E-state index contributed by atoms with van der Waals surface area (Å²) in [7, 11) is 0. The zero-order valence-corrected chi connectivity index (χ0v) is 17.2. The molecule has 31 heavy (non-hydrogen) atoms. The van der Waals surface area contributed by atoms with Crippen molar-refractivity contribution in [2.45, 2.75) is 38.0 Å². The molecule has 0 aliphatic heterocycles. The number of hydrogen-bond donors (Lipinski definition) is 3. The fourth-order valence-electron chi connectivity index (χ4n) is 2.76. The number of anilines is 2. The number of aromatic nitrogens is 4. The van der Waals surface area contributed by atoms with Gasteiger partial charge in [-0.2, -0.15) is 10.4 Å². The van der Waals surface area contributed by atoms with Crippen LogP contribution >= 0.6 is 0 Å². The van der Waals surface area contributed by atoms with Gasteiger partial charge in [0.15, 0.2) is 0 Å². The molecule has 5 rings (SSSR count). The minimum atomic E-state index is 0.116. The van der Waals surface area contributed by atoms with E-state index in [0.717, 1.165) is 29.9 Å². The van der Waals surface area contributed by atoms with Crippen LogP contribution in [-0.2, 0) is 4.79 Å². The lowest BCUT2D eigenvalue weighted by Crippen LogP contribution is -2.05. The maximum atomic E-state index is 10.6. The molecule has 3 aromatic rings. The summed E-state index contributed by atoms with van der Waals surface area (Å²) in [5.41, 5.74) is 11.4. The number of pyridine rings is 2. The van der Waals surface area contributed by atoms with Crippen LogP contribution in [0.25, 0.3) is 5.69 Å². The molecule has 3 aromatic heterocycles. The van der Waals surface area contributed by atoms with E-state index in [9.17, 15) is 4.79 Å². The van der Waals surface area contributed by atoms with Gasteiger partial charge >= 0.3 is 0 Å². The van der Waals surface area contributed by atoms with Crippen LogP contribution in [-0.4, -0.2) is 25.5 Å². The predicted molar refractivity (Wildman–Crippen MR) is 118 cm³/mol. The first-order valence-corrected chi connectivity index (χ1v) is 10.1. The fraction of sp³-hybridized carbons (Fsp3) is 0.318. The minimum Gasteiger partial charge on any atom is -0.384 e. The van der Waals surface area contributed by atoms with Crippen LogP contribution in [0.5, 0.6) is 0 Å². The van der Waals surface area contributed by atoms with E-state index in [-0.39, 0.29) is 18.1 Å². The van der Waals surface area contributed by atoms with Crippen molar-refractivity contribution in [2.75, 3.05) is 11.2 Å². The van der Waals surface area contributed by atoms with Crippen molar-refractivity contribution in [3.05, 3.63) is 60.8 Å². The van der Waals surface area contributed by atoms with Crippen molar-refractivity contribution in [1.82, 2.24) is 19.7 Å². The van der Waals surface area contributed by atoms with Crippen LogP contribution in [0.2, 0.25) is 0 Å². The third kappa shape index (κ3) is 6.90. The van der Waals surface area contributed by atoms with Crippen molar-refractivity contribution < 1.29 is 4.79 Å². The molecule has 0 radical (unpaired) electrons. The molecule has 0 spiro atoms. The summed E-state index contributed by atoms with van der Waals surface area (Å²) < 4.78 is 1.77. The normalized spacial score (nSPS) is 14.2. The zero-order chi connectivity index (χ0) is 22.1. The number of carbonyl (C=O) groups excluding carboxylic acids is 1. The van der Waals surface area contributed by atoms with E-state index in [0.29, 0.717) is 11.7 Å². The Balaban J connectivity index is 0.000000145. The van der Waals surface area contributed by atoms with Gasteiger partial charge in [0.1, 0.15) is 11.6 Å². The number of hydrazine groups is 1. The first-order chi connectivity index (χ1) is 15.1. The topological polar surface area (TPSA) is 149 Å². The summed E-state index contributed by atoms with van der Waals surface area (Å²) in [6, 6.07) is 11.2. The Kier molecular flexibility index (Phi) is 7.67. The number of hydrogen-bond acceptors (Lipinski definition) is 8.